The Morgan fingerprint density at radius 2 is 1.91 bits per heavy atom. The summed E-state index contributed by atoms with van der Waals surface area (Å²) in [6.07, 6.45) is 8.98. The first kappa shape index (κ1) is 18.0. The van der Waals surface area contributed by atoms with Gasteiger partial charge in [-0.15, -0.1) is 11.3 Å². The zero-order valence-electron chi connectivity index (χ0n) is 14.0. The lowest BCUT2D eigenvalue weighted by Crippen LogP contribution is -2.42. The van der Waals surface area contributed by atoms with Crippen LogP contribution in [0.1, 0.15) is 56.2 Å². The minimum absolute atomic E-state index is 0.141. The molecule has 23 heavy (non-hydrogen) atoms. The zero-order chi connectivity index (χ0) is 16.5. The van der Waals surface area contributed by atoms with E-state index in [0.29, 0.717) is 13.0 Å². The molecule has 1 aliphatic carbocycles. The van der Waals surface area contributed by atoms with Gasteiger partial charge in [0.15, 0.2) is 0 Å². The number of ether oxygens (including phenoxy) is 1. The topological polar surface area (TPSA) is 46.6 Å². The number of esters is 1. The molecule has 4 nitrogen and oxygen atoms in total. The van der Waals surface area contributed by atoms with Gasteiger partial charge in [-0.3, -0.25) is 9.59 Å². The SMILES string of the molecule is COC(=O)CCN(C(=O)Cc1cccs1)C1CCCCCCC1. The van der Waals surface area contributed by atoms with Gasteiger partial charge in [0.2, 0.25) is 5.91 Å². The fourth-order valence-electron chi connectivity index (χ4n) is 3.23. The van der Waals surface area contributed by atoms with Crippen molar-refractivity contribution in [2.24, 2.45) is 0 Å². The fraction of sp³-hybridized carbons (Fsp3) is 0.667. The molecule has 0 unspecified atom stereocenters. The summed E-state index contributed by atoms with van der Waals surface area (Å²) in [7, 11) is 1.40. The summed E-state index contributed by atoms with van der Waals surface area (Å²) in [5.74, 6) is -0.105. The number of methoxy groups -OCH3 is 1. The summed E-state index contributed by atoms with van der Waals surface area (Å²) in [6.45, 7) is 0.474. The van der Waals surface area contributed by atoms with E-state index in [1.165, 1.54) is 39.2 Å². The van der Waals surface area contributed by atoms with E-state index in [-0.39, 0.29) is 24.3 Å². The molecule has 2 rings (SSSR count). The normalized spacial score (nSPS) is 16.4. The highest BCUT2D eigenvalue weighted by atomic mass is 32.1. The number of rotatable bonds is 6. The Morgan fingerprint density at radius 1 is 1.22 bits per heavy atom. The fourth-order valence-corrected chi connectivity index (χ4v) is 3.93. The molecule has 1 fully saturated rings. The summed E-state index contributed by atoms with van der Waals surface area (Å²) in [5, 5.41) is 2.00. The smallest absolute Gasteiger partial charge is 0.307 e. The van der Waals surface area contributed by atoms with E-state index in [1.54, 1.807) is 11.3 Å². The molecule has 0 atom stereocenters. The van der Waals surface area contributed by atoms with E-state index in [9.17, 15) is 9.59 Å². The summed E-state index contributed by atoms with van der Waals surface area (Å²) in [5.41, 5.74) is 0. The molecule has 0 bridgehead atoms. The van der Waals surface area contributed by atoms with Crippen molar-refractivity contribution in [1.29, 1.82) is 0 Å². The monoisotopic (exact) mass is 337 g/mol. The third-order valence-electron chi connectivity index (χ3n) is 4.53. The second kappa shape index (κ2) is 9.71. The third kappa shape index (κ3) is 5.98. The predicted octanol–water partition coefficient (Wildman–Crippen LogP) is 3.80. The standard InChI is InChI=1S/C18H27NO3S/c1-22-18(21)11-12-19(15-8-5-3-2-4-6-9-15)17(20)14-16-10-7-13-23-16/h7,10,13,15H,2-6,8-9,11-12,14H2,1H3. The maximum atomic E-state index is 12.8. The van der Waals surface area contributed by atoms with Gasteiger partial charge in [0, 0.05) is 17.5 Å². The molecule has 0 aliphatic heterocycles. The van der Waals surface area contributed by atoms with Crippen molar-refractivity contribution in [2.45, 2.75) is 63.8 Å². The van der Waals surface area contributed by atoms with E-state index < -0.39 is 0 Å². The molecule has 1 aromatic heterocycles. The van der Waals surface area contributed by atoms with E-state index in [1.807, 2.05) is 22.4 Å². The van der Waals surface area contributed by atoms with Crippen LogP contribution in [0.15, 0.2) is 17.5 Å². The molecule has 128 valence electrons. The summed E-state index contributed by atoms with van der Waals surface area (Å²) < 4.78 is 4.74. The van der Waals surface area contributed by atoms with Crippen LogP contribution in [0.4, 0.5) is 0 Å². The first-order chi connectivity index (χ1) is 11.2. The Bertz CT molecular complexity index is 478. The number of carbonyl (C=O) groups is 2. The zero-order valence-corrected chi connectivity index (χ0v) is 14.8. The largest absolute Gasteiger partial charge is 0.469 e. The highest BCUT2D eigenvalue weighted by Gasteiger charge is 2.25. The highest BCUT2D eigenvalue weighted by molar-refractivity contribution is 7.10. The third-order valence-corrected chi connectivity index (χ3v) is 5.40. The van der Waals surface area contributed by atoms with Gasteiger partial charge in [0.05, 0.1) is 20.0 Å². The Morgan fingerprint density at radius 3 is 2.52 bits per heavy atom. The van der Waals surface area contributed by atoms with Gasteiger partial charge < -0.3 is 9.64 Å². The van der Waals surface area contributed by atoms with Crippen LogP contribution in [-0.2, 0) is 20.7 Å². The number of carbonyl (C=O) groups excluding carboxylic acids is 2. The quantitative estimate of drug-likeness (QED) is 0.742. The van der Waals surface area contributed by atoms with Crippen LogP contribution in [0.2, 0.25) is 0 Å². The van der Waals surface area contributed by atoms with Crippen molar-refractivity contribution < 1.29 is 14.3 Å². The molecular formula is C18H27NO3S. The molecule has 1 aliphatic rings. The van der Waals surface area contributed by atoms with Gasteiger partial charge in [-0.2, -0.15) is 0 Å². The second-order valence-electron chi connectivity index (χ2n) is 6.17. The molecule has 0 aromatic carbocycles. The van der Waals surface area contributed by atoms with E-state index in [0.717, 1.165) is 17.7 Å². The molecule has 1 heterocycles. The van der Waals surface area contributed by atoms with Crippen LogP contribution in [0.5, 0.6) is 0 Å². The van der Waals surface area contributed by atoms with E-state index in [2.05, 4.69) is 0 Å². The lowest BCUT2D eigenvalue weighted by molar-refractivity contribution is -0.142. The van der Waals surface area contributed by atoms with Gasteiger partial charge in [-0.1, -0.05) is 38.2 Å². The molecule has 0 radical (unpaired) electrons. The Labute approximate surface area is 142 Å². The average molecular weight is 337 g/mol. The number of amides is 1. The van der Waals surface area contributed by atoms with Crippen LogP contribution in [0, 0.1) is 0 Å². The van der Waals surface area contributed by atoms with Crippen molar-refractivity contribution in [3.8, 4) is 0 Å². The lowest BCUT2D eigenvalue weighted by Gasteiger charge is -2.33. The van der Waals surface area contributed by atoms with Crippen molar-refractivity contribution in [3.63, 3.8) is 0 Å². The first-order valence-corrected chi connectivity index (χ1v) is 9.47. The van der Waals surface area contributed by atoms with Gasteiger partial charge in [-0.25, -0.2) is 0 Å². The van der Waals surface area contributed by atoms with Crippen molar-refractivity contribution >= 4 is 23.2 Å². The van der Waals surface area contributed by atoms with E-state index in [4.69, 9.17) is 4.74 Å². The summed E-state index contributed by atoms with van der Waals surface area (Å²) in [4.78, 5) is 27.3. The molecule has 0 saturated heterocycles. The predicted molar refractivity (Wildman–Crippen MR) is 92.5 cm³/mol. The average Bonchev–Trinajstić information content (AvgIpc) is 3.01. The minimum Gasteiger partial charge on any atom is -0.469 e. The molecule has 1 amide bonds. The maximum absolute atomic E-state index is 12.8. The van der Waals surface area contributed by atoms with Crippen LogP contribution in [0.3, 0.4) is 0 Å². The number of hydrogen-bond donors (Lipinski definition) is 0. The number of thiophene rings is 1. The molecule has 0 N–H and O–H groups in total. The number of hydrogen-bond acceptors (Lipinski definition) is 4. The Kier molecular flexibility index (Phi) is 7.59. The molecule has 1 saturated carbocycles. The molecule has 0 spiro atoms. The highest BCUT2D eigenvalue weighted by Crippen LogP contribution is 2.23. The van der Waals surface area contributed by atoms with Gasteiger partial charge >= 0.3 is 5.97 Å². The Balaban J connectivity index is 2.02. The van der Waals surface area contributed by atoms with Crippen LogP contribution >= 0.6 is 11.3 Å². The van der Waals surface area contributed by atoms with Crippen LogP contribution in [0.25, 0.3) is 0 Å². The maximum Gasteiger partial charge on any atom is 0.307 e. The van der Waals surface area contributed by atoms with Crippen molar-refractivity contribution in [3.05, 3.63) is 22.4 Å². The van der Waals surface area contributed by atoms with Crippen LogP contribution in [-0.4, -0.2) is 36.5 Å². The van der Waals surface area contributed by atoms with Gasteiger partial charge in [-0.05, 0) is 24.3 Å². The van der Waals surface area contributed by atoms with Crippen molar-refractivity contribution in [2.75, 3.05) is 13.7 Å². The minimum atomic E-state index is -0.246. The Hall–Kier alpha value is -1.36. The van der Waals surface area contributed by atoms with Crippen LogP contribution < -0.4 is 0 Å². The van der Waals surface area contributed by atoms with Gasteiger partial charge in [0.1, 0.15) is 0 Å². The lowest BCUT2D eigenvalue weighted by atomic mass is 9.95. The van der Waals surface area contributed by atoms with Gasteiger partial charge in [0.25, 0.3) is 0 Å². The molecular weight excluding hydrogens is 310 g/mol. The second-order valence-corrected chi connectivity index (χ2v) is 7.20. The number of nitrogens with zero attached hydrogens (tertiary/aromatic N) is 1. The summed E-state index contributed by atoms with van der Waals surface area (Å²) >= 11 is 1.61. The van der Waals surface area contributed by atoms with E-state index >= 15 is 0 Å². The molecule has 5 heteroatoms. The molecule has 1 aromatic rings. The van der Waals surface area contributed by atoms with Crippen molar-refractivity contribution in [1.82, 2.24) is 4.90 Å². The first-order valence-electron chi connectivity index (χ1n) is 8.59. The summed E-state index contributed by atoms with van der Waals surface area (Å²) in [6, 6.07) is 4.24.